The molecule has 2 atom stereocenters. The first kappa shape index (κ1) is 11.4. The Kier molecular flexibility index (Phi) is 4.00. The van der Waals surface area contributed by atoms with Crippen molar-refractivity contribution in [3.63, 3.8) is 0 Å². The molecule has 0 aromatic heterocycles. The molecule has 2 unspecified atom stereocenters. The molecule has 0 bridgehead atoms. The monoisotopic (exact) mass is 211 g/mol. The van der Waals surface area contributed by atoms with Gasteiger partial charge in [0.1, 0.15) is 0 Å². The van der Waals surface area contributed by atoms with Crippen LogP contribution in [0.15, 0.2) is 0 Å². The van der Waals surface area contributed by atoms with Gasteiger partial charge in [0.05, 0.1) is 0 Å². The van der Waals surface area contributed by atoms with Gasteiger partial charge >= 0.3 is 0 Å². The minimum Gasteiger partial charge on any atom is -0.315 e. The first-order valence-corrected chi connectivity index (χ1v) is 6.39. The molecule has 0 amide bonds. The van der Waals surface area contributed by atoms with E-state index in [0.29, 0.717) is 0 Å². The van der Waals surface area contributed by atoms with Crippen molar-refractivity contribution >= 4 is 0 Å². The summed E-state index contributed by atoms with van der Waals surface area (Å²) in [7, 11) is 2.24. The molecule has 2 aliphatic heterocycles. The van der Waals surface area contributed by atoms with E-state index in [0.717, 1.165) is 12.0 Å². The Morgan fingerprint density at radius 3 is 2.73 bits per heavy atom. The van der Waals surface area contributed by atoms with Crippen LogP contribution in [0.25, 0.3) is 0 Å². The van der Waals surface area contributed by atoms with Crippen LogP contribution >= 0.6 is 0 Å². The lowest BCUT2D eigenvalue weighted by molar-refractivity contribution is 0.150. The van der Waals surface area contributed by atoms with Gasteiger partial charge in [0.2, 0.25) is 0 Å². The van der Waals surface area contributed by atoms with Crippen LogP contribution in [0.5, 0.6) is 0 Å². The number of rotatable bonds is 1. The SMILES string of the molecule is CC1CNCC(N2CCCN(C)CC2)C1. The summed E-state index contributed by atoms with van der Waals surface area (Å²) < 4.78 is 0. The molecule has 0 aromatic carbocycles. The second-order valence-electron chi connectivity index (χ2n) is 5.35. The van der Waals surface area contributed by atoms with Crippen molar-refractivity contribution in [3.05, 3.63) is 0 Å². The summed E-state index contributed by atoms with van der Waals surface area (Å²) in [5.41, 5.74) is 0. The molecule has 0 aromatic rings. The van der Waals surface area contributed by atoms with Crippen LogP contribution in [0.4, 0.5) is 0 Å². The topological polar surface area (TPSA) is 18.5 Å². The molecule has 2 aliphatic rings. The molecule has 0 radical (unpaired) electrons. The van der Waals surface area contributed by atoms with Crippen LogP contribution in [0.1, 0.15) is 19.8 Å². The third kappa shape index (κ3) is 3.16. The largest absolute Gasteiger partial charge is 0.315 e. The summed E-state index contributed by atoms with van der Waals surface area (Å²) in [5.74, 6) is 0.852. The molecule has 2 rings (SSSR count). The second-order valence-corrected chi connectivity index (χ2v) is 5.35. The smallest absolute Gasteiger partial charge is 0.0224 e. The van der Waals surface area contributed by atoms with Gasteiger partial charge in [0.25, 0.3) is 0 Å². The number of likely N-dealkylation sites (N-methyl/N-ethyl adjacent to an activating group) is 1. The van der Waals surface area contributed by atoms with Gasteiger partial charge in [-0.1, -0.05) is 6.92 Å². The van der Waals surface area contributed by atoms with E-state index in [1.165, 1.54) is 52.1 Å². The molecule has 1 N–H and O–H groups in total. The van der Waals surface area contributed by atoms with Crippen LogP contribution in [-0.4, -0.2) is 62.2 Å². The lowest BCUT2D eigenvalue weighted by atomic mass is 9.96. The third-order valence-electron chi connectivity index (χ3n) is 3.82. The molecular weight excluding hydrogens is 186 g/mol. The maximum Gasteiger partial charge on any atom is 0.0224 e. The summed E-state index contributed by atoms with van der Waals surface area (Å²) >= 11 is 0. The van der Waals surface area contributed by atoms with Crippen molar-refractivity contribution in [2.24, 2.45) is 5.92 Å². The Hall–Kier alpha value is -0.120. The molecule has 2 saturated heterocycles. The number of nitrogens with one attached hydrogen (secondary N) is 1. The maximum absolute atomic E-state index is 3.56. The van der Waals surface area contributed by atoms with Crippen molar-refractivity contribution in [1.29, 1.82) is 0 Å². The molecule has 2 heterocycles. The van der Waals surface area contributed by atoms with Crippen molar-refractivity contribution in [1.82, 2.24) is 15.1 Å². The highest BCUT2D eigenvalue weighted by molar-refractivity contribution is 4.83. The summed E-state index contributed by atoms with van der Waals surface area (Å²) in [6, 6.07) is 0.792. The van der Waals surface area contributed by atoms with E-state index >= 15 is 0 Å². The van der Waals surface area contributed by atoms with E-state index in [2.05, 4.69) is 29.1 Å². The number of piperidine rings is 1. The standard InChI is InChI=1S/C12H25N3/c1-11-8-12(10-13-9-11)15-5-3-4-14(2)6-7-15/h11-13H,3-10H2,1-2H3. The van der Waals surface area contributed by atoms with Crippen LogP contribution in [0, 0.1) is 5.92 Å². The highest BCUT2D eigenvalue weighted by Crippen LogP contribution is 2.16. The molecule has 3 heteroatoms. The van der Waals surface area contributed by atoms with Crippen LogP contribution in [0.2, 0.25) is 0 Å². The normalized spacial score (nSPS) is 36.4. The molecule has 0 saturated carbocycles. The Labute approximate surface area is 93.8 Å². The Morgan fingerprint density at radius 2 is 1.93 bits per heavy atom. The summed E-state index contributed by atoms with van der Waals surface area (Å²) in [6.07, 6.45) is 2.72. The molecule has 0 aliphatic carbocycles. The van der Waals surface area contributed by atoms with Gasteiger partial charge in [-0.15, -0.1) is 0 Å². The average molecular weight is 211 g/mol. The van der Waals surface area contributed by atoms with Crippen molar-refractivity contribution in [2.45, 2.75) is 25.8 Å². The zero-order chi connectivity index (χ0) is 10.7. The molecule has 15 heavy (non-hydrogen) atoms. The van der Waals surface area contributed by atoms with Gasteiger partial charge in [-0.25, -0.2) is 0 Å². The van der Waals surface area contributed by atoms with Gasteiger partial charge in [0.15, 0.2) is 0 Å². The van der Waals surface area contributed by atoms with E-state index in [1.807, 2.05) is 0 Å². The number of hydrogen-bond donors (Lipinski definition) is 1. The van der Waals surface area contributed by atoms with E-state index < -0.39 is 0 Å². The fraction of sp³-hybridized carbons (Fsp3) is 1.00. The number of nitrogens with zero attached hydrogens (tertiary/aromatic N) is 2. The Morgan fingerprint density at radius 1 is 1.07 bits per heavy atom. The van der Waals surface area contributed by atoms with Gasteiger partial charge < -0.3 is 10.2 Å². The van der Waals surface area contributed by atoms with Crippen LogP contribution in [0.3, 0.4) is 0 Å². The average Bonchev–Trinajstić information content (AvgIpc) is 2.43. The number of hydrogen-bond acceptors (Lipinski definition) is 3. The molecule has 0 spiro atoms. The highest BCUT2D eigenvalue weighted by Gasteiger charge is 2.25. The Bertz CT molecular complexity index is 195. The molecular formula is C12H25N3. The zero-order valence-electron chi connectivity index (χ0n) is 10.2. The predicted molar refractivity (Wildman–Crippen MR) is 64.1 cm³/mol. The van der Waals surface area contributed by atoms with E-state index in [4.69, 9.17) is 0 Å². The minimum atomic E-state index is 0.792. The molecule has 3 nitrogen and oxygen atoms in total. The molecule has 88 valence electrons. The van der Waals surface area contributed by atoms with Gasteiger partial charge in [0, 0.05) is 25.7 Å². The van der Waals surface area contributed by atoms with Crippen LogP contribution < -0.4 is 5.32 Å². The summed E-state index contributed by atoms with van der Waals surface area (Å²) in [5, 5.41) is 3.56. The highest BCUT2D eigenvalue weighted by atomic mass is 15.2. The predicted octanol–water partition coefficient (Wildman–Crippen LogP) is 0.622. The minimum absolute atomic E-state index is 0.792. The van der Waals surface area contributed by atoms with Crippen LogP contribution in [-0.2, 0) is 0 Å². The fourth-order valence-electron chi connectivity index (χ4n) is 2.84. The summed E-state index contributed by atoms with van der Waals surface area (Å²) in [6.45, 7) is 9.84. The van der Waals surface area contributed by atoms with E-state index in [1.54, 1.807) is 0 Å². The van der Waals surface area contributed by atoms with Crippen molar-refractivity contribution < 1.29 is 0 Å². The zero-order valence-corrected chi connectivity index (χ0v) is 10.2. The first-order valence-electron chi connectivity index (χ1n) is 6.39. The third-order valence-corrected chi connectivity index (χ3v) is 3.82. The fourth-order valence-corrected chi connectivity index (χ4v) is 2.84. The maximum atomic E-state index is 3.56. The Balaban J connectivity index is 1.85. The first-order chi connectivity index (χ1) is 7.25. The lowest BCUT2D eigenvalue weighted by Crippen LogP contribution is -2.49. The second kappa shape index (κ2) is 5.28. The van der Waals surface area contributed by atoms with Crippen molar-refractivity contribution in [3.8, 4) is 0 Å². The van der Waals surface area contributed by atoms with Gasteiger partial charge in [-0.2, -0.15) is 0 Å². The van der Waals surface area contributed by atoms with Crippen molar-refractivity contribution in [2.75, 3.05) is 46.3 Å². The van der Waals surface area contributed by atoms with Gasteiger partial charge in [-0.05, 0) is 45.4 Å². The quantitative estimate of drug-likeness (QED) is 0.686. The van der Waals surface area contributed by atoms with E-state index in [-0.39, 0.29) is 0 Å². The molecule has 2 fully saturated rings. The lowest BCUT2D eigenvalue weighted by Gasteiger charge is -2.36. The summed E-state index contributed by atoms with van der Waals surface area (Å²) in [4.78, 5) is 5.16. The van der Waals surface area contributed by atoms with E-state index in [9.17, 15) is 0 Å². The van der Waals surface area contributed by atoms with Gasteiger partial charge in [-0.3, -0.25) is 4.90 Å².